The summed E-state index contributed by atoms with van der Waals surface area (Å²) >= 11 is 11.9. The highest BCUT2D eigenvalue weighted by atomic mass is 35.5. The van der Waals surface area contributed by atoms with Crippen LogP contribution in [0.15, 0.2) is 48.5 Å². The molecule has 2 amide bonds. The van der Waals surface area contributed by atoms with E-state index in [4.69, 9.17) is 27.9 Å². The molecule has 0 aliphatic rings. The van der Waals surface area contributed by atoms with Crippen LogP contribution in [-0.4, -0.2) is 31.0 Å². The second-order valence-corrected chi connectivity index (χ2v) is 7.82. The smallest absolute Gasteiger partial charge is 0.253 e. The number of unbranched alkanes of at least 4 members (excludes halogenated alkanes) is 1. The number of amides is 2. The molecule has 0 aromatic heterocycles. The van der Waals surface area contributed by atoms with Gasteiger partial charge in [-0.25, -0.2) is 0 Å². The Balaban J connectivity index is 1.74. The fraction of sp³-hybridized carbons (Fsp3) is 0.364. The molecule has 0 unspecified atom stereocenters. The normalized spacial score (nSPS) is 11.8. The largest absolute Gasteiger partial charge is 0.494 e. The van der Waals surface area contributed by atoms with Crippen LogP contribution in [0.4, 0.5) is 0 Å². The second-order valence-electron chi connectivity index (χ2n) is 6.98. The van der Waals surface area contributed by atoms with Crippen molar-refractivity contribution < 1.29 is 14.3 Å². The topological polar surface area (TPSA) is 67.4 Å². The molecule has 29 heavy (non-hydrogen) atoms. The Morgan fingerprint density at radius 3 is 2.34 bits per heavy atom. The number of hydrogen-bond donors (Lipinski definition) is 2. The fourth-order valence-electron chi connectivity index (χ4n) is 2.67. The van der Waals surface area contributed by atoms with Gasteiger partial charge < -0.3 is 15.4 Å². The van der Waals surface area contributed by atoms with Gasteiger partial charge in [0.15, 0.2) is 0 Å². The summed E-state index contributed by atoms with van der Waals surface area (Å²) in [5.74, 6) is 0.134. The van der Waals surface area contributed by atoms with Crippen LogP contribution in [-0.2, 0) is 4.79 Å². The molecule has 0 saturated carbocycles. The van der Waals surface area contributed by atoms with Gasteiger partial charge in [0.2, 0.25) is 5.91 Å². The Morgan fingerprint density at radius 2 is 1.69 bits per heavy atom. The van der Waals surface area contributed by atoms with Crippen molar-refractivity contribution in [3.05, 3.63) is 64.1 Å². The van der Waals surface area contributed by atoms with E-state index in [-0.39, 0.29) is 17.7 Å². The lowest BCUT2D eigenvalue weighted by atomic mass is 10.0. The molecule has 0 aliphatic carbocycles. The minimum Gasteiger partial charge on any atom is -0.494 e. The number of halogens is 2. The quantitative estimate of drug-likeness (QED) is 0.529. The van der Waals surface area contributed by atoms with Crippen LogP contribution in [0.3, 0.4) is 0 Å². The number of carbonyl (C=O) groups is 2. The Labute approximate surface area is 181 Å². The van der Waals surface area contributed by atoms with Crippen LogP contribution >= 0.6 is 23.2 Å². The van der Waals surface area contributed by atoms with E-state index in [0.717, 1.165) is 18.6 Å². The maximum atomic E-state index is 12.5. The standard InChI is InChI=1S/C22H26Cl2N2O3/c1-15(2)20(26-21(27)18-7-3-4-8-19(18)24)22(28)25-13-5-6-14-29-17-11-9-16(23)10-12-17/h3-4,7-12,15,20H,5-6,13-14H2,1-2H3,(H,25,28)(H,26,27)/t20-/m0/s1. The van der Waals surface area contributed by atoms with E-state index in [2.05, 4.69) is 10.6 Å². The van der Waals surface area contributed by atoms with E-state index in [9.17, 15) is 9.59 Å². The zero-order chi connectivity index (χ0) is 21.2. The number of benzene rings is 2. The highest BCUT2D eigenvalue weighted by Gasteiger charge is 2.25. The van der Waals surface area contributed by atoms with Crippen molar-refractivity contribution in [1.82, 2.24) is 10.6 Å². The molecule has 0 spiro atoms. The van der Waals surface area contributed by atoms with Gasteiger partial charge in [0.25, 0.3) is 5.91 Å². The molecule has 0 radical (unpaired) electrons. The van der Waals surface area contributed by atoms with Crippen molar-refractivity contribution in [3.8, 4) is 5.75 Å². The van der Waals surface area contributed by atoms with Crippen LogP contribution in [0.1, 0.15) is 37.0 Å². The van der Waals surface area contributed by atoms with Crippen molar-refractivity contribution in [2.45, 2.75) is 32.7 Å². The molecule has 2 rings (SSSR count). The van der Waals surface area contributed by atoms with E-state index >= 15 is 0 Å². The number of nitrogens with one attached hydrogen (secondary N) is 2. The van der Waals surface area contributed by atoms with E-state index in [1.165, 1.54) is 0 Å². The molecular formula is C22H26Cl2N2O3. The van der Waals surface area contributed by atoms with Crippen molar-refractivity contribution in [2.24, 2.45) is 5.92 Å². The lowest BCUT2D eigenvalue weighted by molar-refractivity contribution is -0.123. The maximum Gasteiger partial charge on any atom is 0.253 e. The molecule has 5 nitrogen and oxygen atoms in total. The highest BCUT2D eigenvalue weighted by Crippen LogP contribution is 2.16. The number of carbonyl (C=O) groups excluding carboxylic acids is 2. The van der Waals surface area contributed by atoms with Crippen LogP contribution in [0, 0.1) is 5.92 Å². The minimum atomic E-state index is -0.635. The molecule has 0 aliphatic heterocycles. The Bertz CT molecular complexity index is 810. The molecule has 0 heterocycles. The molecule has 0 bridgehead atoms. The lowest BCUT2D eigenvalue weighted by Gasteiger charge is -2.22. The summed E-state index contributed by atoms with van der Waals surface area (Å²) in [6.07, 6.45) is 1.56. The zero-order valence-corrected chi connectivity index (χ0v) is 18.1. The van der Waals surface area contributed by atoms with Gasteiger partial charge in [0.1, 0.15) is 11.8 Å². The zero-order valence-electron chi connectivity index (χ0n) is 16.6. The predicted molar refractivity (Wildman–Crippen MR) is 117 cm³/mol. The first-order valence-corrected chi connectivity index (χ1v) is 10.4. The third-order valence-electron chi connectivity index (χ3n) is 4.31. The Morgan fingerprint density at radius 1 is 1.00 bits per heavy atom. The van der Waals surface area contributed by atoms with Gasteiger partial charge in [-0.15, -0.1) is 0 Å². The predicted octanol–water partition coefficient (Wildman–Crippen LogP) is 4.72. The maximum absolute atomic E-state index is 12.5. The summed E-state index contributed by atoms with van der Waals surface area (Å²) in [7, 11) is 0. The van der Waals surface area contributed by atoms with Gasteiger partial charge in [-0.05, 0) is 55.2 Å². The Hall–Kier alpha value is -2.24. The Kier molecular flexibility index (Phi) is 9.29. The molecule has 7 heteroatoms. The van der Waals surface area contributed by atoms with Gasteiger partial charge in [-0.1, -0.05) is 49.2 Å². The van der Waals surface area contributed by atoms with Gasteiger partial charge in [0.05, 0.1) is 17.2 Å². The summed E-state index contributed by atoms with van der Waals surface area (Å²) in [6, 6.07) is 13.3. The van der Waals surface area contributed by atoms with Gasteiger partial charge in [0, 0.05) is 11.6 Å². The third-order valence-corrected chi connectivity index (χ3v) is 4.89. The summed E-state index contributed by atoms with van der Waals surface area (Å²) < 4.78 is 5.63. The lowest BCUT2D eigenvalue weighted by Crippen LogP contribution is -2.49. The molecule has 2 aromatic carbocycles. The van der Waals surface area contributed by atoms with E-state index in [1.807, 2.05) is 26.0 Å². The number of ether oxygens (including phenoxy) is 1. The molecular weight excluding hydrogens is 411 g/mol. The van der Waals surface area contributed by atoms with Crippen LogP contribution in [0.5, 0.6) is 5.75 Å². The summed E-state index contributed by atoms with van der Waals surface area (Å²) in [5.41, 5.74) is 0.354. The first-order valence-electron chi connectivity index (χ1n) is 9.60. The SMILES string of the molecule is CC(C)[C@H](NC(=O)c1ccccc1Cl)C(=O)NCCCCOc1ccc(Cl)cc1. The molecule has 2 N–H and O–H groups in total. The van der Waals surface area contributed by atoms with Crippen LogP contribution < -0.4 is 15.4 Å². The average molecular weight is 437 g/mol. The van der Waals surface area contributed by atoms with Crippen molar-refractivity contribution >= 4 is 35.0 Å². The molecule has 2 aromatic rings. The fourth-order valence-corrected chi connectivity index (χ4v) is 3.02. The molecule has 0 fully saturated rings. The van der Waals surface area contributed by atoms with Crippen molar-refractivity contribution in [3.63, 3.8) is 0 Å². The number of hydrogen-bond acceptors (Lipinski definition) is 3. The van der Waals surface area contributed by atoms with E-state index in [0.29, 0.717) is 28.8 Å². The van der Waals surface area contributed by atoms with Crippen LogP contribution in [0.25, 0.3) is 0 Å². The summed E-state index contributed by atoms with van der Waals surface area (Å²) in [6.45, 7) is 4.83. The minimum absolute atomic E-state index is 0.0605. The average Bonchev–Trinajstić information content (AvgIpc) is 2.69. The van der Waals surface area contributed by atoms with E-state index < -0.39 is 6.04 Å². The second kappa shape index (κ2) is 11.7. The van der Waals surface area contributed by atoms with E-state index in [1.54, 1.807) is 36.4 Å². The number of rotatable bonds is 10. The highest BCUT2D eigenvalue weighted by molar-refractivity contribution is 6.33. The molecule has 156 valence electrons. The van der Waals surface area contributed by atoms with Gasteiger partial charge >= 0.3 is 0 Å². The summed E-state index contributed by atoms with van der Waals surface area (Å²) in [5, 5.41) is 6.69. The first kappa shape index (κ1) is 23.0. The van der Waals surface area contributed by atoms with Crippen molar-refractivity contribution in [2.75, 3.05) is 13.2 Å². The monoisotopic (exact) mass is 436 g/mol. The molecule has 1 atom stereocenters. The third kappa shape index (κ3) is 7.59. The molecule has 0 saturated heterocycles. The first-order chi connectivity index (χ1) is 13.9. The van der Waals surface area contributed by atoms with Crippen LogP contribution in [0.2, 0.25) is 10.0 Å². The van der Waals surface area contributed by atoms with Gasteiger partial charge in [-0.2, -0.15) is 0 Å². The summed E-state index contributed by atoms with van der Waals surface area (Å²) in [4.78, 5) is 25.0. The van der Waals surface area contributed by atoms with Gasteiger partial charge in [-0.3, -0.25) is 9.59 Å². The van der Waals surface area contributed by atoms with Crippen molar-refractivity contribution in [1.29, 1.82) is 0 Å².